The van der Waals surface area contributed by atoms with Gasteiger partial charge in [0.1, 0.15) is 5.76 Å². The minimum atomic E-state index is -0.155. The number of fused-ring (bicyclic) bond motifs is 1. The molecule has 0 bridgehead atoms. The summed E-state index contributed by atoms with van der Waals surface area (Å²) in [5, 5.41) is 7.38. The largest absolute Gasteiger partial charge is 0.467 e. The Morgan fingerprint density at radius 1 is 1.19 bits per heavy atom. The number of nitrogens with one attached hydrogen (secondary N) is 1. The summed E-state index contributed by atoms with van der Waals surface area (Å²) in [7, 11) is 1.87. The van der Waals surface area contributed by atoms with E-state index >= 15 is 0 Å². The van der Waals surface area contributed by atoms with Crippen molar-refractivity contribution >= 4 is 11.9 Å². The summed E-state index contributed by atoms with van der Waals surface area (Å²) in [4.78, 5) is 29.1. The van der Waals surface area contributed by atoms with Gasteiger partial charge in [0.2, 0.25) is 0 Å². The Labute approximate surface area is 158 Å². The minimum Gasteiger partial charge on any atom is -0.467 e. The van der Waals surface area contributed by atoms with Crippen LogP contribution in [0.3, 0.4) is 0 Å². The SMILES string of the molecule is Cn1nc(C(=O)N2CCCCC2)c2c1CCN(C(=O)NCc1ccco1)C2. The number of hydrogen-bond donors (Lipinski definition) is 1. The average molecular weight is 371 g/mol. The van der Waals surface area contributed by atoms with Crippen LogP contribution in [0.25, 0.3) is 0 Å². The molecule has 1 N–H and O–H groups in total. The highest BCUT2D eigenvalue weighted by Gasteiger charge is 2.31. The van der Waals surface area contributed by atoms with Crippen LogP contribution >= 0.6 is 0 Å². The van der Waals surface area contributed by atoms with E-state index in [1.54, 1.807) is 21.9 Å². The van der Waals surface area contributed by atoms with Crippen molar-refractivity contribution in [2.45, 2.75) is 38.8 Å². The van der Waals surface area contributed by atoms with Gasteiger partial charge in [0, 0.05) is 44.4 Å². The van der Waals surface area contributed by atoms with Crippen LogP contribution in [0.1, 0.15) is 46.8 Å². The lowest BCUT2D eigenvalue weighted by Crippen LogP contribution is -2.43. The Bertz CT molecular complexity index is 821. The molecule has 2 aromatic rings. The molecule has 8 heteroatoms. The van der Waals surface area contributed by atoms with Crippen molar-refractivity contribution < 1.29 is 14.0 Å². The van der Waals surface area contributed by atoms with Crippen molar-refractivity contribution in [3.63, 3.8) is 0 Å². The number of amides is 3. The summed E-state index contributed by atoms with van der Waals surface area (Å²) >= 11 is 0. The molecule has 4 heterocycles. The van der Waals surface area contributed by atoms with Crippen LogP contribution in [0.2, 0.25) is 0 Å². The number of hydrogen-bond acceptors (Lipinski definition) is 4. The Hall–Kier alpha value is -2.77. The summed E-state index contributed by atoms with van der Waals surface area (Å²) in [6, 6.07) is 3.46. The van der Waals surface area contributed by atoms with E-state index in [-0.39, 0.29) is 11.9 Å². The number of urea groups is 1. The fourth-order valence-electron chi connectivity index (χ4n) is 3.87. The molecule has 144 valence electrons. The monoisotopic (exact) mass is 371 g/mol. The maximum Gasteiger partial charge on any atom is 0.318 e. The maximum atomic E-state index is 13.0. The third kappa shape index (κ3) is 3.56. The van der Waals surface area contributed by atoms with Gasteiger partial charge in [-0.15, -0.1) is 0 Å². The molecule has 0 saturated carbocycles. The van der Waals surface area contributed by atoms with Gasteiger partial charge in [-0.1, -0.05) is 0 Å². The lowest BCUT2D eigenvalue weighted by molar-refractivity contribution is 0.0715. The van der Waals surface area contributed by atoms with Crippen LogP contribution in [0, 0.1) is 0 Å². The van der Waals surface area contributed by atoms with E-state index in [0.29, 0.717) is 37.5 Å². The van der Waals surface area contributed by atoms with Crippen molar-refractivity contribution in [3.8, 4) is 0 Å². The Morgan fingerprint density at radius 3 is 2.74 bits per heavy atom. The Balaban J connectivity index is 1.47. The second-order valence-electron chi connectivity index (χ2n) is 7.16. The van der Waals surface area contributed by atoms with Crippen molar-refractivity contribution in [3.05, 3.63) is 41.1 Å². The quantitative estimate of drug-likeness (QED) is 0.893. The fraction of sp³-hybridized carbons (Fsp3) is 0.526. The van der Waals surface area contributed by atoms with Gasteiger partial charge in [-0.3, -0.25) is 9.48 Å². The number of furan rings is 1. The van der Waals surface area contributed by atoms with E-state index in [9.17, 15) is 9.59 Å². The number of nitrogens with zero attached hydrogens (tertiary/aromatic N) is 4. The van der Waals surface area contributed by atoms with E-state index in [2.05, 4.69) is 10.4 Å². The first-order valence-corrected chi connectivity index (χ1v) is 9.52. The predicted octanol–water partition coefficient (Wildman–Crippen LogP) is 1.91. The zero-order valence-corrected chi connectivity index (χ0v) is 15.6. The van der Waals surface area contributed by atoms with Gasteiger partial charge < -0.3 is 19.5 Å². The zero-order valence-electron chi connectivity index (χ0n) is 15.6. The molecule has 1 saturated heterocycles. The van der Waals surface area contributed by atoms with Crippen LogP contribution in [-0.4, -0.2) is 51.2 Å². The minimum absolute atomic E-state index is 0.00982. The third-order valence-electron chi connectivity index (χ3n) is 5.37. The molecule has 0 spiro atoms. The third-order valence-corrected chi connectivity index (χ3v) is 5.37. The molecule has 2 aliphatic rings. The first-order valence-electron chi connectivity index (χ1n) is 9.52. The summed E-state index contributed by atoms with van der Waals surface area (Å²) < 4.78 is 7.05. The lowest BCUT2D eigenvalue weighted by atomic mass is 10.0. The number of likely N-dealkylation sites (tertiary alicyclic amines) is 1. The van der Waals surface area contributed by atoms with E-state index in [0.717, 1.165) is 37.2 Å². The van der Waals surface area contributed by atoms with E-state index < -0.39 is 0 Å². The maximum absolute atomic E-state index is 13.0. The fourth-order valence-corrected chi connectivity index (χ4v) is 3.87. The van der Waals surface area contributed by atoms with Gasteiger partial charge in [-0.05, 0) is 31.4 Å². The van der Waals surface area contributed by atoms with Crippen LogP contribution in [-0.2, 0) is 26.6 Å². The Kier molecular flexibility index (Phi) is 4.87. The highest BCUT2D eigenvalue weighted by molar-refractivity contribution is 5.94. The van der Waals surface area contributed by atoms with E-state index in [1.807, 2.05) is 18.0 Å². The molecule has 0 aliphatic carbocycles. The lowest BCUT2D eigenvalue weighted by Gasteiger charge is -2.29. The molecule has 0 unspecified atom stereocenters. The highest BCUT2D eigenvalue weighted by atomic mass is 16.3. The Morgan fingerprint density at radius 2 is 2.00 bits per heavy atom. The molecule has 4 rings (SSSR count). The molecule has 1 fully saturated rings. The second-order valence-corrected chi connectivity index (χ2v) is 7.16. The number of rotatable bonds is 3. The standard InChI is InChI=1S/C19H25N5O3/c1-22-16-7-10-24(19(26)20-12-14-6-5-11-27-14)13-15(16)17(21-22)18(25)23-8-3-2-4-9-23/h5-6,11H,2-4,7-10,12-13H2,1H3,(H,20,26). The van der Waals surface area contributed by atoms with Crippen molar-refractivity contribution in [1.82, 2.24) is 24.9 Å². The number of carbonyl (C=O) groups excluding carboxylic acids is 2. The van der Waals surface area contributed by atoms with Crippen LogP contribution in [0.15, 0.2) is 22.8 Å². The topological polar surface area (TPSA) is 83.6 Å². The zero-order chi connectivity index (χ0) is 18.8. The molecule has 2 aliphatic heterocycles. The molecule has 3 amide bonds. The molecule has 8 nitrogen and oxygen atoms in total. The average Bonchev–Trinajstić information content (AvgIpc) is 3.34. The van der Waals surface area contributed by atoms with Crippen molar-refractivity contribution in [1.29, 1.82) is 0 Å². The molecular formula is C19H25N5O3. The van der Waals surface area contributed by atoms with E-state index in [4.69, 9.17) is 4.42 Å². The van der Waals surface area contributed by atoms with Crippen LogP contribution < -0.4 is 5.32 Å². The van der Waals surface area contributed by atoms with Gasteiger partial charge in [0.15, 0.2) is 5.69 Å². The van der Waals surface area contributed by atoms with Gasteiger partial charge in [-0.25, -0.2) is 4.79 Å². The number of aromatic nitrogens is 2. The normalized spacial score (nSPS) is 16.9. The van der Waals surface area contributed by atoms with Gasteiger partial charge in [0.25, 0.3) is 5.91 Å². The number of carbonyl (C=O) groups is 2. The first-order chi connectivity index (χ1) is 13.1. The number of piperidine rings is 1. The molecule has 0 radical (unpaired) electrons. The van der Waals surface area contributed by atoms with Crippen molar-refractivity contribution in [2.75, 3.05) is 19.6 Å². The summed E-state index contributed by atoms with van der Waals surface area (Å²) in [6.07, 6.45) is 5.54. The van der Waals surface area contributed by atoms with Gasteiger partial charge in [0.05, 0.1) is 19.4 Å². The second kappa shape index (κ2) is 7.46. The van der Waals surface area contributed by atoms with Gasteiger partial charge in [-0.2, -0.15) is 5.10 Å². The predicted molar refractivity (Wildman–Crippen MR) is 98.0 cm³/mol. The summed E-state index contributed by atoms with van der Waals surface area (Å²) in [6.45, 7) is 2.94. The molecule has 27 heavy (non-hydrogen) atoms. The molecule has 2 aromatic heterocycles. The smallest absolute Gasteiger partial charge is 0.318 e. The first kappa shape index (κ1) is 17.6. The summed E-state index contributed by atoms with van der Waals surface area (Å²) in [5.74, 6) is 0.702. The number of aryl methyl sites for hydroxylation is 1. The van der Waals surface area contributed by atoms with E-state index in [1.165, 1.54) is 6.42 Å². The van der Waals surface area contributed by atoms with Gasteiger partial charge >= 0.3 is 6.03 Å². The molecule has 0 atom stereocenters. The van der Waals surface area contributed by atoms with Crippen LogP contribution in [0.4, 0.5) is 4.79 Å². The molecular weight excluding hydrogens is 346 g/mol. The van der Waals surface area contributed by atoms with Crippen LogP contribution in [0.5, 0.6) is 0 Å². The summed E-state index contributed by atoms with van der Waals surface area (Å²) in [5.41, 5.74) is 2.43. The molecule has 0 aromatic carbocycles. The van der Waals surface area contributed by atoms with Crippen molar-refractivity contribution in [2.24, 2.45) is 7.05 Å². The highest BCUT2D eigenvalue weighted by Crippen LogP contribution is 2.24.